The second-order valence-electron chi connectivity index (χ2n) is 8.03. The van der Waals surface area contributed by atoms with Gasteiger partial charge in [-0.2, -0.15) is 0 Å². The Bertz CT molecular complexity index is 1450. The van der Waals surface area contributed by atoms with Gasteiger partial charge < -0.3 is 24.8 Å². The second kappa shape index (κ2) is 8.44. The maximum absolute atomic E-state index is 4.82. The average Bonchev–Trinajstić information content (AvgIpc) is 3.54. The number of fused-ring (bicyclic) bond motifs is 6. The third-order valence-electron chi connectivity index (χ3n) is 5.92. The summed E-state index contributed by atoms with van der Waals surface area (Å²) in [6, 6.07) is 24.7. The summed E-state index contributed by atoms with van der Waals surface area (Å²) in [4.78, 5) is 9.63. The van der Waals surface area contributed by atoms with Gasteiger partial charge in [-0.05, 0) is 48.5 Å². The minimum absolute atomic E-state index is 0.795. The zero-order chi connectivity index (χ0) is 22.0. The number of hydrogen-bond acceptors (Lipinski definition) is 5. The Kier molecular flexibility index (Phi) is 5.01. The van der Waals surface area contributed by atoms with Gasteiger partial charge in [-0.15, -0.1) is 0 Å². The molecule has 4 aromatic heterocycles. The average molecular weight is 436 g/mol. The fraction of sp³-hybridized carbons (Fsp3) is 0.154. The van der Waals surface area contributed by atoms with Crippen LogP contribution in [0.3, 0.4) is 0 Å². The van der Waals surface area contributed by atoms with E-state index in [0.717, 1.165) is 70.9 Å². The van der Waals surface area contributed by atoms with Crippen LogP contribution in [-0.2, 0) is 0 Å². The molecule has 0 amide bonds. The van der Waals surface area contributed by atoms with Crippen molar-refractivity contribution >= 4 is 44.7 Å². The Balaban J connectivity index is 1.05. The predicted molar refractivity (Wildman–Crippen MR) is 135 cm³/mol. The summed E-state index contributed by atoms with van der Waals surface area (Å²) in [6.07, 6.45) is 4.16. The van der Waals surface area contributed by atoms with Crippen molar-refractivity contribution in [3.05, 3.63) is 85.2 Å². The Morgan fingerprint density at radius 1 is 0.515 bits per heavy atom. The number of nitrogens with zero attached hydrogens (tertiary/aromatic N) is 4. The van der Waals surface area contributed by atoms with E-state index in [1.807, 2.05) is 36.4 Å². The molecule has 0 atom stereocenters. The predicted octanol–water partition coefficient (Wildman–Crippen LogP) is 4.40. The molecule has 0 aliphatic rings. The minimum atomic E-state index is 0.795. The highest BCUT2D eigenvalue weighted by molar-refractivity contribution is 5.85. The van der Waals surface area contributed by atoms with Gasteiger partial charge in [-0.1, -0.05) is 24.3 Å². The molecule has 7 heteroatoms. The monoisotopic (exact) mass is 435 g/mol. The molecule has 0 aliphatic heterocycles. The number of nitrogens with one attached hydrogen (secondary N) is 3. The van der Waals surface area contributed by atoms with E-state index in [0.29, 0.717) is 0 Å². The molecule has 0 radical (unpaired) electrons. The molecule has 0 unspecified atom stereocenters. The molecule has 0 aliphatic carbocycles. The van der Waals surface area contributed by atoms with Crippen LogP contribution in [-0.4, -0.2) is 44.9 Å². The summed E-state index contributed by atoms with van der Waals surface area (Å²) in [6.45, 7) is 3.27. The largest absolute Gasteiger partial charge is 0.367 e. The van der Waals surface area contributed by atoms with E-state index >= 15 is 0 Å². The highest BCUT2D eigenvalue weighted by atomic mass is 15.1. The highest BCUT2D eigenvalue weighted by Gasteiger charge is 2.08. The topological polar surface area (TPSA) is 70.7 Å². The lowest BCUT2D eigenvalue weighted by Crippen LogP contribution is -2.27. The fourth-order valence-corrected chi connectivity index (χ4v) is 4.37. The van der Waals surface area contributed by atoms with Crippen LogP contribution >= 0.6 is 0 Å². The maximum atomic E-state index is 4.82. The van der Waals surface area contributed by atoms with E-state index in [1.165, 1.54) is 0 Å². The zero-order valence-corrected chi connectivity index (χ0v) is 18.2. The standard InChI is InChI=1S/C26H25N7/c1-3-9-21-19(7-1)30-25(23-11-5-17-32(21)23)28-15-13-27-14-16-29-26-24-12-6-18-33(24)22-10-4-2-8-20(22)31-26/h1-12,17-18,27H,13-16H2,(H,28,30)(H,29,31). The summed E-state index contributed by atoms with van der Waals surface area (Å²) in [5.74, 6) is 1.82. The smallest absolute Gasteiger partial charge is 0.151 e. The lowest BCUT2D eigenvalue weighted by Gasteiger charge is -2.12. The van der Waals surface area contributed by atoms with Crippen molar-refractivity contribution in [2.24, 2.45) is 0 Å². The van der Waals surface area contributed by atoms with Crippen molar-refractivity contribution in [2.45, 2.75) is 0 Å². The van der Waals surface area contributed by atoms with Crippen LogP contribution in [0.4, 0.5) is 11.6 Å². The number of aromatic nitrogens is 4. The van der Waals surface area contributed by atoms with E-state index < -0.39 is 0 Å². The van der Waals surface area contributed by atoms with Crippen LogP contribution in [0, 0.1) is 0 Å². The summed E-state index contributed by atoms with van der Waals surface area (Å²) in [7, 11) is 0. The number of rotatable bonds is 8. The number of para-hydroxylation sites is 4. The van der Waals surface area contributed by atoms with Crippen LogP contribution in [0.25, 0.3) is 33.1 Å². The van der Waals surface area contributed by atoms with Gasteiger partial charge in [-0.25, -0.2) is 9.97 Å². The van der Waals surface area contributed by atoms with Crippen molar-refractivity contribution < 1.29 is 0 Å². The third-order valence-corrected chi connectivity index (χ3v) is 5.92. The molecular weight excluding hydrogens is 410 g/mol. The molecule has 4 heterocycles. The van der Waals surface area contributed by atoms with Gasteiger partial charge >= 0.3 is 0 Å². The van der Waals surface area contributed by atoms with E-state index in [-0.39, 0.29) is 0 Å². The molecule has 0 fully saturated rings. The van der Waals surface area contributed by atoms with Gasteiger partial charge in [0.15, 0.2) is 11.6 Å². The molecule has 6 aromatic rings. The van der Waals surface area contributed by atoms with Crippen LogP contribution in [0.5, 0.6) is 0 Å². The molecular formula is C26H25N7. The first-order chi connectivity index (χ1) is 16.4. The van der Waals surface area contributed by atoms with Crippen LogP contribution in [0.2, 0.25) is 0 Å². The fourth-order valence-electron chi connectivity index (χ4n) is 4.37. The van der Waals surface area contributed by atoms with Gasteiger partial charge in [0, 0.05) is 38.6 Å². The van der Waals surface area contributed by atoms with Gasteiger partial charge in [0.05, 0.1) is 33.1 Å². The third kappa shape index (κ3) is 3.62. The van der Waals surface area contributed by atoms with E-state index in [9.17, 15) is 0 Å². The Hall–Kier alpha value is -4.10. The SMILES string of the molecule is c1ccc2c(c1)nc(NCCNCCNc1nc3ccccc3n3cccc13)c1cccn12. The van der Waals surface area contributed by atoms with Gasteiger partial charge in [-0.3, -0.25) is 0 Å². The van der Waals surface area contributed by atoms with Crippen LogP contribution < -0.4 is 16.0 Å². The van der Waals surface area contributed by atoms with Crippen molar-refractivity contribution in [3.8, 4) is 0 Å². The quantitative estimate of drug-likeness (QED) is 0.309. The summed E-state index contributed by atoms with van der Waals surface area (Å²) in [5.41, 5.74) is 6.39. The lowest BCUT2D eigenvalue weighted by molar-refractivity contribution is 0.717. The lowest BCUT2D eigenvalue weighted by atomic mass is 10.3. The van der Waals surface area contributed by atoms with Gasteiger partial charge in [0.1, 0.15) is 0 Å². The first kappa shape index (κ1) is 19.6. The molecule has 6 rings (SSSR count). The molecule has 3 N–H and O–H groups in total. The van der Waals surface area contributed by atoms with Gasteiger partial charge in [0.25, 0.3) is 0 Å². The van der Waals surface area contributed by atoms with Crippen molar-refractivity contribution in [3.63, 3.8) is 0 Å². The van der Waals surface area contributed by atoms with Crippen molar-refractivity contribution in [2.75, 3.05) is 36.8 Å². The summed E-state index contributed by atoms with van der Waals surface area (Å²) >= 11 is 0. The zero-order valence-electron chi connectivity index (χ0n) is 18.2. The second-order valence-corrected chi connectivity index (χ2v) is 8.03. The van der Waals surface area contributed by atoms with Gasteiger partial charge in [0.2, 0.25) is 0 Å². The molecule has 0 saturated carbocycles. The Labute approximate surface area is 191 Å². The van der Waals surface area contributed by atoms with Crippen molar-refractivity contribution in [1.82, 2.24) is 24.1 Å². The molecule has 0 spiro atoms. The Morgan fingerprint density at radius 3 is 1.48 bits per heavy atom. The number of anilines is 2. The van der Waals surface area contributed by atoms with Crippen LogP contribution in [0.1, 0.15) is 0 Å². The molecule has 33 heavy (non-hydrogen) atoms. The van der Waals surface area contributed by atoms with E-state index in [1.54, 1.807) is 0 Å². The molecule has 0 saturated heterocycles. The number of benzene rings is 2. The first-order valence-corrected chi connectivity index (χ1v) is 11.3. The molecule has 0 bridgehead atoms. The maximum Gasteiger partial charge on any atom is 0.151 e. The van der Waals surface area contributed by atoms with E-state index in [4.69, 9.17) is 9.97 Å². The van der Waals surface area contributed by atoms with E-state index in [2.05, 4.69) is 73.5 Å². The summed E-state index contributed by atoms with van der Waals surface area (Å²) < 4.78 is 4.36. The minimum Gasteiger partial charge on any atom is -0.367 e. The molecule has 2 aromatic carbocycles. The number of hydrogen-bond donors (Lipinski definition) is 3. The highest BCUT2D eigenvalue weighted by Crippen LogP contribution is 2.23. The first-order valence-electron chi connectivity index (χ1n) is 11.3. The van der Waals surface area contributed by atoms with Crippen LogP contribution in [0.15, 0.2) is 85.2 Å². The molecule has 164 valence electrons. The summed E-state index contributed by atoms with van der Waals surface area (Å²) in [5, 5.41) is 10.5. The normalized spacial score (nSPS) is 11.6. The van der Waals surface area contributed by atoms with Crippen molar-refractivity contribution in [1.29, 1.82) is 0 Å². The molecule has 7 nitrogen and oxygen atoms in total. The Morgan fingerprint density at radius 2 is 0.970 bits per heavy atom.